The van der Waals surface area contributed by atoms with Crippen LogP contribution < -0.4 is 0 Å². The zero-order chi connectivity index (χ0) is 19.6. The summed E-state index contributed by atoms with van der Waals surface area (Å²) in [6.45, 7) is 4.70. The van der Waals surface area contributed by atoms with Crippen LogP contribution in [-0.4, -0.2) is 0 Å². The quantitative estimate of drug-likeness (QED) is 0.262. The third-order valence-electron chi connectivity index (χ3n) is 6.65. The van der Waals surface area contributed by atoms with Crippen molar-refractivity contribution in [2.24, 2.45) is 0 Å². The van der Waals surface area contributed by atoms with Gasteiger partial charge in [-0.3, -0.25) is 0 Å². The van der Waals surface area contributed by atoms with Crippen LogP contribution >= 0.6 is 0 Å². The van der Waals surface area contributed by atoms with Crippen LogP contribution in [0.2, 0.25) is 0 Å². The molecule has 5 aromatic carbocycles. The third kappa shape index (κ3) is 2.32. The van der Waals surface area contributed by atoms with Gasteiger partial charge in [0.05, 0.1) is 0 Å². The monoisotopic (exact) mass is 370 g/mol. The lowest BCUT2D eigenvalue weighted by atomic mass is 9.81. The van der Waals surface area contributed by atoms with Crippen molar-refractivity contribution < 1.29 is 0 Å². The van der Waals surface area contributed by atoms with Crippen molar-refractivity contribution in [3.63, 3.8) is 0 Å². The Morgan fingerprint density at radius 3 is 2.03 bits per heavy atom. The van der Waals surface area contributed by atoms with Crippen molar-refractivity contribution in [3.05, 3.63) is 108 Å². The maximum Gasteiger partial charge on any atom is 0.0159 e. The lowest BCUT2D eigenvalue weighted by molar-refractivity contribution is 0.661. The molecule has 0 radical (unpaired) electrons. The highest BCUT2D eigenvalue weighted by Gasteiger charge is 2.35. The summed E-state index contributed by atoms with van der Waals surface area (Å²) in [6.07, 6.45) is 0. The average molecular weight is 370 g/mol. The Morgan fingerprint density at radius 2 is 1.17 bits per heavy atom. The van der Waals surface area contributed by atoms with E-state index in [9.17, 15) is 0 Å². The van der Waals surface area contributed by atoms with Gasteiger partial charge < -0.3 is 0 Å². The van der Waals surface area contributed by atoms with Crippen LogP contribution in [0.3, 0.4) is 0 Å². The number of benzene rings is 5. The molecule has 0 aliphatic heterocycles. The lowest BCUT2D eigenvalue weighted by Gasteiger charge is -2.22. The molecule has 0 aromatic heterocycles. The van der Waals surface area contributed by atoms with Crippen molar-refractivity contribution in [3.8, 4) is 22.3 Å². The molecule has 0 saturated heterocycles. The van der Waals surface area contributed by atoms with E-state index in [2.05, 4.69) is 111 Å². The van der Waals surface area contributed by atoms with Crippen LogP contribution in [0, 0.1) is 0 Å². The first-order chi connectivity index (χ1) is 14.1. The highest BCUT2D eigenvalue weighted by molar-refractivity contribution is 6.10. The molecule has 0 heterocycles. The lowest BCUT2D eigenvalue weighted by Crippen LogP contribution is -2.14. The molecule has 0 fully saturated rings. The van der Waals surface area contributed by atoms with Gasteiger partial charge in [-0.25, -0.2) is 0 Å². The van der Waals surface area contributed by atoms with E-state index in [0.717, 1.165) is 0 Å². The van der Waals surface area contributed by atoms with E-state index < -0.39 is 0 Å². The van der Waals surface area contributed by atoms with Crippen LogP contribution in [0.15, 0.2) is 97.1 Å². The Balaban J connectivity index is 1.66. The summed E-state index contributed by atoms with van der Waals surface area (Å²) in [4.78, 5) is 0. The van der Waals surface area contributed by atoms with Gasteiger partial charge in [-0.05, 0) is 73.1 Å². The summed E-state index contributed by atoms with van der Waals surface area (Å²) in [5, 5.41) is 5.29. The number of rotatable bonds is 1. The molecular weight excluding hydrogens is 348 g/mol. The fourth-order valence-electron chi connectivity index (χ4n) is 5.06. The predicted molar refractivity (Wildman–Crippen MR) is 124 cm³/mol. The standard InChI is InChI=1S/C29H22/c1-29(2)27-11-7-6-10-23(27)26-17-22-15-13-20-12-14-21(19-8-4-3-5-9-19)16-24(20)25(22)18-28(26)29/h3-18H,1-2H3. The molecule has 0 unspecified atom stereocenters. The average Bonchev–Trinajstić information content (AvgIpc) is 2.99. The van der Waals surface area contributed by atoms with E-state index in [1.807, 2.05) is 0 Å². The van der Waals surface area contributed by atoms with Gasteiger partial charge in [0.25, 0.3) is 0 Å². The van der Waals surface area contributed by atoms with Gasteiger partial charge in [0.1, 0.15) is 0 Å². The van der Waals surface area contributed by atoms with Crippen molar-refractivity contribution in [2.45, 2.75) is 19.3 Å². The molecule has 5 aromatic rings. The second-order valence-corrected chi connectivity index (χ2v) is 8.66. The first-order valence-corrected chi connectivity index (χ1v) is 10.3. The summed E-state index contributed by atoms with van der Waals surface area (Å²) < 4.78 is 0. The molecule has 1 aliphatic rings. The van der Waals surface area contributed by atoms with E-state index >= 15 is 0 Å². The number of fused-ring (bicyclic) bond motifs is 6. The molecule has 0 nitrogen and oxygen atoms in total. The Bertz CT molecular complexity index is 1400. The molecule has 0 saturated carbocycles. The molecule has 0 bridgehead atoms. The number of hydrogen-bond acceptors (Lipinski definition) is 0. The Kier molecular flexibility index (Phi) is 3.32. The fourth-order valence-corrected chi connectivity index (χ4v) is 5.06. The summed E-state index contributed by atoms with van der Waals surface area (Å²) in [7, 11) is 0. The van der Waals surface area contributed by atoms with Crippen molar-refractivity contribution >= 4 is 21.5 Å². The fraction of sp³-hybridized carbons (Fsp3) is 0.103. The summed E-state index contributed by atoms with van der Waals surface area (Å²) in [5.41, 5.74) is 8.20. The molecule has 0 amide bonds. The highest BCUT2D eigenvalue weighted by atomic mass is 14.4. The minimum absolute atomic E-state index is 0.0271. The second kappa shape index (κ2) is 5.81. The van der Waals surface area contributed by atoms with Gasteiger partial charge in [0.15, 0.2) is 0 Å². The van der Waals surface area contributed by atoms with E-state index in [4.69, 9.17) is 0 Å². The molecule has 6 rings (SSSR count). The highest BCUT2D eigenvalue weighted by Crippen LogP contribution is 2.50. The van der Waals surface area contributed by atoms with Crippen LogP contribution in [0.1, 0.15) is 25.0 Å². The van der Waals surface area contributed by atoms with Crippen LogP contribution in [0.25, 0.3) is 43.8 Å². The Hall–Kier alpha value is -3.38. The summed E-state index contributed by atoms with van der Waals surface area (Å²) >= 11 is 0. The van der Waals surface area contributed by atoms with Crippen molar-refractivity contribution in [1.29, 1.82) is 0 Å². The largest absolute Gasteiger partial charge is 0.0622 e. The minimum Gasteiger partial charge on any atom is -0.0622 e. The second-order valence-electron chi connectivity index (χ2n) is 8.66. The van der Waals surface area contributed by atoms with E-state index in [-0.39, 0.29) is 5.41 Å². The summed E-state index contributed by atoms with van der Waals surface area (Å²) in [6, 6.07) is 35.7. The van der Waals surface area contributed by atoms with Crippen LogP contribution in [0.5, 0.6) is 0 Å². The third-order valence-corrected chi connectivity index (χ3v) is 6.65. The van der Waals surface area contributed by atoms with Crippen molar-refractivity contribution in [1.82, 2.24) is 0 Å². The molecule has 29 heavy (non-hydrogen) atoms. The smallest absolute Gasteiger partial charge is 0.0159 e. The van der Waals surface area contributed by atoms with Crippen LogP contribution in [0.4, 0.5) is 0 Å². The first-order valence-electron chi connectivity index (χ1n) is 10.3. The summed E-state index contributed by atoms with van der Waals surface area (Å²) in [5.74, 6) is 0. The van der Waals surface area contributed by atoms with Gasteiger partial charge in [-0.1, -0.05) is 92.7 Å². The molecule has 0 heteroatoms. The van der Waals surface area contributed by atoms with Gasteiger partial charge in [-0.15, -0.1) is 0 Å². The molecule has 0 spiro atoms. The number of hydrogen-bond donors (Lipinski definition) is 0. The van der Waals surface area contributed by atoms with E-state index in [1.54, 1.807) is 0 Å². The molecule has 138 valence electrons. The maximum atomic E-state index is 2.45. The van der Waals surface area contributed by atoms with Crippen molar-refractivity contribution in [2.75, 3.05) is 0 Å². The first kappa shape index (κ1) is 16.6. The predicted octanol–water partition coefficient (Wildman–Crippen LogP) is 7.97. The zero-order valence-electron chi connectivity index (χ0n) is 16.7. The van der Waals surface area contributed by atoms with Gasteiger partial charge in [0.2, 0.25) is 0 Å². The van der Waals surface area contributed by atoms with E-state index in [1.165, 1.54) is 54.9 Å². The molecule has 0 atom stereocenters. The molecular formula is C29H22. The maximum absolute atomic E-state index is 2.45. The topological polar surface area (TPSA) is 0 Å². The minimum atomic E-state index is 0.0271. The van der Waals surface area contributed by atoms with Gasteiger partial charge >= 0.3 is 0 Å². The SMILES string of the molecule is CC1(C)c2ccccc2-c2cc3ccc4ccc(-c5ccccc5)cc4c3cc21. The molecule has 0 N–H and O–H groups in total. The van der Waals surface area contributed by atoms with Crippen LogP contribution in [-0.2, 0) is 5.41 Å². The zero-order valence-corrected chi connectivity index (χ0v) is 16.7. The Morgan fingerprint density at radius 1 is 0.483 bits per heavy atom. The van der Waals surface area contributed by atoms with Gasteiger partial charge in [0, 0.05) is 5.41 Å². The Labute approximate surface area is 171 Å². The van der Waals surface area contributed by atoms with E-state index in [0.29, 0.717) is 0 Å². The molecule has 1 aliphatic carbocycles. The normalized spacial score (nSPS) is 14.1. The van der Waals surface area contributed by atoms with Gasteiger partial charge in [-0.2, -0.15) is 0 Å².